The lowest BCUT2D eigenvalue weighted by atomic mass is 9.60. The first-order valence-corrected chi connectivity index (χ1v) is 36.8. The summed E-state index contributed by atoms with van der Waals surface area (Å²) in [6.45, 7) is 15.8. The Labute approximate surface area is 492 Å². The number of hydrogen-bond donors (Lipinski definition) is 0. The Hall–Kier alpha value is -1.26. The van der Waals surface area contributed by atoms with Gasteiger partial charge in [0.1, 0.15) is 11.5 Å². The SMILES string of the molecule is CCCCCCCCCCCOP(Oc1cccc(CCCCCCCCCCC)c1)OC1CCC(C(C)(C)C2CCC(OP(OCCCCCCCCCCC)Oc3cccc(CCCCCCCCCCC)c3)CC2)CC1. The fourth-order valence-electron chi connectivity index (χ4n) is 12.6. The van der Waals surface area contributed by atoms with E-state index in [-0.39, 0.29) is 17.6 Å². The lowest BCUT2D eigenvalue weighted by molar-refractivity contribution is 0.00601. The van der Waals surface area contributed by atoms with Crippen LogP contribution in [0.5, 0.6) is 11.5 Å². The molecule has 0 bridgehead atoms. The van der Waals surface area contributed by atoms with Crippen molar-refractivity contribution in [2.45, 2.75) is 349 Å². The Bertz CT molecular complexity index is 1550. The minimum atomic E-state index is -1.47. The van der Waals surface area contributed by atoms with Crippen molar-refractivity contribution in [3.8, 4) is 11.5 Å². The molecule has 0 radical (unpaired) electrons. The highest BCUT2D eigenvalue weighted by atomic mass is 31.2. The van der Waals surface area contributed by atoms with Crippen molar-refractivity contribution in [1.82, 2.24) is 0 Å². The molecule has 2 atom stereocenters. The molecule has 2 aliphatic rings. The number of rotatable bonds is 52. The summed E-state index contributed by atoms with van der Waals surface area (Å²) >= 11 is 0. The summed E-state index contributed by atoms with van der Waals surface area (Å²) in [4.78, 5) is 0. The first-order chi connectivity index (χ1) is 38.8. The number of benzene rings is 2. The van der Waals surface area contributed by atoms with Crippen molar-refractivity contribution < 1.29 is 27.1 Å². The summed E-state index contributed by atoms with van der Waals surface area (Å²) in [7, 11) is -2.94. The van der Waals surface area contributed by atoms with Crippen molar-refractivity contribution in [2.75, 3.05) is 13.2 Å². The Balaban J connectivity index is 1.25. The van der Waals surface area contributed by atoms with E-state index in [4.69, 9.17) is 27.1 Å². The summed E-state index contributed by atoms with van der Waals surface area (Å²) in [6, 6.07) is 17.6. The standard InChI is InChI=1S/C71H126O6P2/c1-7-11-15-19-23-27-31-35-39-45-63-47-43-49-69(61-63)76-78(72-59-41-37-33-29-25-21-17-13-9-3)74-67-55-51-65(52-56-67)71(5,6)66-53-57-68(58-54-66)75-79(73-60-42-38-34-30-26-22-18-14-10-4)77-70-50-44-48-64(62-70)46-40-36-32-28-24-20-16-12-8-2/h43-44,47-50,61-62,65-68H,7-42,45-46,51-60H2,1-6H3. The van der Waals surface area contributed by atoms with Gasteiger partial charge in [-0.3, -0.25) is 9.05 Å². The zero-order valence-electron chi connectivity index (χ0n) is 52.7. The molecular formula is C71H126O6P2. The quantitative estimate of drug-likeness (QED) is 0.0486. The van der Waals surface area contributed by atoms with Crippen LogP contribution in [0.2, 0.25) is 0 Å². The van der Waals surface area contributed by atoms with Crippen molar-refractivity contribution in [3.63, 3.8) is 0 Å². The highest BCUT2D eigenvalue weighted by Crippen LogP contribution is 2.53. The first kappa shape index (κ1) is 70.2. The van der Waals surface area contributed by atoms with Gasteiger partial charge in [0, 0.05) is 0 Å². The van der Waals surface area contributed by atoms with E-state index in [0.29, 0.717) is 25.0 Å². The third-order valence-electron chi connectivity index (χ3n) is 18.1. The maximum atomic E-state index is 6.88. The van der Waals surface area contributed by atoms with Crippen LogP contribution < -0.4 is 9.05 Å². The largest absolute Gasteiger partial charge is 0.427 e. The zero-order valence-corrected chi connectivity index (χ0v) is 54.5. The average Bonchev–Trinajstić information content (AvgIpc) is 3.48. The summed E-state index contributed by atoms with van der Waals surface area (Å²) in [6.07, 6.45) is 59.6. The van der Waals surface area contributed by atoms with Gasteiger partial charge in [-0.05, 0) is 143 Å². The second kappa shape index (κ2) is 47.0. The van der Waals surface area contributed by atoms with Gasteiger partial charge in [0.2, 0.25) is 0 Å². The van der Waals surface area contributed by atoms with E-state index < -0.39 is 17.2 Å². The average molecular weight is 1140 g/mol. The molecule has 0 spiro atoms. The molecule has 456 valence electrons. The Kier molecular flexibility index (Phi) is 41.8. The van der Waals surface area contributed by atoms with E-state index in [1.54, 1.807) is 0 Å². The second-order valence-electron chi connectivity index (χ2n) is 25.4. The Morgan fingerprint density at radius 3 is 0.937 bits per heavy atom. The van der Waals surface area contributed by atoms with Crippen LogP contribution in [0.15, 0.2) is 48.5 Å². The maximum absolute atomic E-state index is 6.88. The third kappa shape index (κ3) is 33.7. The Morgan fingerprint density at radius 1 is 0.354 bits per heavy atom. The van der Waals surface area contributed by atoms with E-state index in [9.17, 15) is 0 Å². The fourth-order valence-corrected chi connectivity index (χ4v) is 15.0. The minimum absolute atomic E-state index is 0.181. The maximum Gasteiger partial charge on any atom is 0.397 e. The molecule has 4 rings (SSSR count). The molecule has 0 saturated heterocycles. The molecule has 2 fully saturated rings. The van der Waals surface area contributed by atoms with Crippen LogP contribution in [0.4, 0.5) is 0 Å². The van der Waals surface area contributed by atoms with Gasteiger partial charge < -0.3 is 18.1 Å². The van der Waals surface area contributed by atoms with Crippen LogP contribution in [-0.4, -0.2) is 25.4 Å². The monoisotopic (exact) mass is 1140 g/mol. The molecule has 0 aliphatic heterocycles. The highest BCUT2D eigenvalue weighted by Gasteiger charge is 2.42. The molecule has 0 heterocycles. The van der Waals surface area contributed by atoms with Crippen molar-refractivity contribution >= 4 is 17.2 Å². The van der Waals surface area contributed by atoms with E-state index in [1.165, 1.54) is 255 Å². The molecule has 2 aliphatic carbocycles. The Morgan fingerprint density at radius 2 is 0.633 bits per heavy atom. The van der Waals surface area contributed by atoms with Crippen molar-refractivity contribution in [3.05, 3.63) is 59.7 Å². The minimum Gasteiger partial charge on any atom is -0.427 e. The van der Waals surface area contributed by atoms with E-state index in [0.717, 1.165) is 62.9 Å². The molecular weight excluding hydrogens is 1010 g/mol. The smallest absolute Gasteiger partial charge is 0.397 e. The summed E-state index contributed by atoms with van der Waals surface area (Å²) < 4.78 is 40.2. The zero-order chi connectivity index (χ0) is 56.1. The van der Waals surface area contributed by atoms with Gasteiger partial charge in [0.25, 0.3) is 0 Å². The lowest BCUT2D eigenvalue weighted by Gasteiger charge is -2.46. The topological polar surface area (TPSA) is 55.4 Å². The molecule has 2 saturated carbocycles. The summed E-state index contributed by atoms with van der Waals surface area (Å²) in [5.41, 5.74) is 3.00. The number of unbranched alkanes of at least 4 members (excludes halogenated alkanes) is 32. The van der Waals surface area contributed by atoms with Crippen LogP contribution >= 0.6 is 17.2 Å². The predicted octanol–water partition coefficient (Wildman–Crippen LogP) is 25.0. The fraction of sp³-hybridized carbons (Fsp3) is 0.831. The normalized spacial score (nSPS) is 18.7. The summed E-state index contributed by atoms with van der Waals surface area (Å²) in [5, 5.41) is 0. The van der Waals surface area contributed by atoms with Gasteiger partial charge >= 0.3 is 17.2 Å². The van der Waals surface area contributed by atoms with Gasteiger partial charge in [0.05, 0.1) is 25.4 Å². The van der Waals surface area contributed by atoms with Gasteiger partial charge in [-0.1, -0.05) is 271 Å². The highest BCUT2D eigenvalue weighted by molar-refractivity contribution is 7.42. The molecule has 2 aromatic rings. The second-order valence-corrected chi connectivity index (χ2v) is 27.6. The molecule has 2 unspecified atom stereocenters. The molecule has 79 heavy (non-hydrogen) atoms. The number of hydrogen-bond acceptors (Lipinski definition) is 6. The predicted molar refractivity (Wildman–Crippen MR) is 344 cm³/mol. The molecule has 0 aromatic heterocycles. The molecule has 2 aromatic carbocycles. The van der Waals surface area contributed by atoms with Crippen molar-refractivity contribution in [2.24, 2.45) is 17.3 Å². The van der Waals surface area contributed by atoms with Crippen LogP contribution in [0.25, 0.3) is 0 Å². The van der Waals surface area contributed by atoms with Crippen LogP contribution in [0, 0.1) is 17.3 Å². The van der Waals surface area contributed by atoms with Crippen LogP contribution in [0.3, 0.4) is 0 Å². The number of aryl methyl sites for hydroxylation is 2. The van der Waals surface area contributed by atoms with Crippen LogP contribution in [-0.2, 0) is 30.9 Å². The van der Waals surface area contributed by atoms with Gasteiger partial charge in [-0.25, -0.2) is 0 Å². The summed E-state index contributed by atoms with van der Waals surface area (Å²) in [5.74, 6) is 3.18. The molecule has 0 amide bonds. The third-order valence-corrected chi connectivity index (χ3v) is 20.6. The van der Waals surface area contributed by atoms with E-state index in [2.05, 4.69) is 90.1 Å². The van der Waals surface area contributed by atoms with Gasteiger partial charge in [-0.15, -0.1) is 0 Å². The lowest BCUT2D eigenvalue weighted by Crippen LogP contribution is -2.38. The van der Waals surface area contributed by atoms with E-state index >= 15 is 0 Å². The first-order valence-electron chi connectivity index (χ1n) is 34.6. The molecule has 8 heteroatoms. The van der Waals surface area contributed by atoms with Gasteiger partial charge in [-0.2, -0.15) is 0 Å². The van der Waals surface area contributed by atoms with Gasteiger partial charge in [0.15, 0.2) is 0 Å². The van der Waals surface area contributed by atoms with Crippen molar-refractivity contribution in [1.29, 1.82) is 0 Å². The van der Waals surface area contributed by atoms with E-state index in [1.807, 2.05) is 0 Å². The molecule has 0 N–H and O–H groups in total. The molecule has 6 nitrogen and oxygen atoms in total. The van der Waals surface area contributed by atoms with Crippen LogP contribution in [0.1, 0.15) is 335 Å².